The molecule has 1 aliphatic carbocycles. The van der Waals surface area contributed by atoms with Crippen molar-refractivity contribution in [1.82, 2.24) is 4.98 Å². The maximum Gasteiger partial charge on any atom is 0.313 e. The minimum absolute atomic E-state index is 0.100. The molecule has 0 saturated heterocycles. The molecular weight excluding hydrogens is 380 g/mol. The van der Waals surface area contributed by atoms with Crippen LogP contribution in [0.2, 0.25) is 0 Å². The molecule has 1 aliphatic rings. The van der Waals surface area contributed by atoms with E-state index >= 15 is 0 Å². The largest absolute Gasteiger partial charge is 0.466 e. The molecule has 2 aromatic rings. The standard InChI is InChI=1S/C20H20N2O3S2/c1-2-25-18(24)10-13(23)12-27-20-15(11-21)19(17-8-5-9-26-17)14-6-3-4-7-16(14)22-20/h5,8-9H,2-4,6-7,10,12H2,1H3. The summed E-state index contributed by atoms with van der Waals surface area (Å²) >= 11 is 2.85. The lowest BCUT2D eigenvalue weighted by Crippen LogP contribution is -2.14. The number of hydrogen-bond acceptors (Lipinski definition) is 7. The Morgan fingerprint density at radius 1 is 1.37 bits per heavy atom. The van der Waals surface area contributed by atoms with Crippen LogP contribution < -0.4 is 0 Å². The second-order valence-corrected chi connectivity index (χ2v) is 8.11. The molecule has 0 saturated carbocycles. The summed E-state index contributed by atoms with van der Waals surface area (Å²) in [6.45, 7) is 1.97. The van der Waals surface area contributed by atoms with Gasteiger partial charge in [0, 0.05) is 16.1 Å². The van der Waals surface area contributed by atoms with Gasteiger partial charge in [0.2, 0.25) is 0 Å². The fourth-order valence-electron chi connectivity index (χ4n) is 3.19. The average Bonchev–Trinajstić information content (AvgIpc) is 3.19. The first-order valence-corrected chi connectivity index (χ1v) is 10.8. The highest BCUT2D eigenvalue weighted by molar-refractivity contribution is 8.00. The number of pyridine rings is 1. The molecule has 2 heterocycles. The highest BCUT2D eigenvalue weighted by Gasteiger charge is 2.24. The maximum absolute atomic E-state index is 12.1. The molecule has 27 heavy (non-hydrogen) atoms. The van der Waals surface area contributed by atoms with Crippen molar-refractivity contribution in [3.05, 3.63) is 34.3 Å². The fourth-order valence-corrected chi connectivity index (χ4v) is 4.86. The molecule has 5 nitrogen and oxygen atoms in total. The van der Waals surface area contributed by atoms with Gasteiger partial charge in [0.05, 0.1) is 17.9 Å². The number of rotatable bonds is 7. The first-order chi connectivity index (χ1) is 13.1. The lowest BCUT2D eigenvalue weighted by Gasteiger charge is -2.21. The van der Waals surface area contributed by atoms with E-state index in [1.165, 1.54) is 17.3 Å². The molecule has 3 rings (SSSR count). The number of carbonyl (C=O) groups excluding carboxylic acids is 2. The number of aryl methyl sites for hydroxylation is 1. The highest BCUT2D eigenvalue weighted by atomic mass is 32.2. The van der Waals surface area contributed by atoms with Crippen molar-refractivity contribution in [1.29, 1.82) is 5.26 Å². The molecule has 0 fully saturated rings. The average molecular weight is 401 g/mol. The lowest BCUT2D eigenvalue weighted by molar-refractivity contribution is -0.145. The number of hydrogen-bond donors (Lipinski definition) is 0. The second-order valence-electron chi connectivity index (χ2n) is 6.20. The number of esters is 1. The van der Waals surface area contributed by atoms with E-state index in [0.29, 0.717) is 10.6 Å². The molecule has 0 bridgehead atoms. The number of ether oxygens (including phenoxy) is 1. The van der Waals surface area contributed by atoms with Crippen molar-refractivity contribution in [2.24, 2.45) is 0 Å². The predicted octanol–water partition coefficient (Wildman–Crippen LogP) is 4.17. The molecule has 0 radical (unpaired) electrons. The van der Waals surface area contributed by atoms with Crippen LogP contribution in [0.5, 0.6) is 0 Å². The normalized spacial score (nSPS) is 12.9. The van der Waals surface area contributed by atoms with Gasteiger partial charge < -0.3 is 4.74 Å². The summed E-state index contributed by atoms with van der Waals surface area (Å²) in [5.41, 5.74) is 3.70. The van der Waals surface area contributed by atoms with Crippen LogP contribution in [0.15, 0.2) is 22.5 Å². The maximum atomic E-state index is 12.1. The van der Waals surface area contributed by atoms with Gasteiger partial charge in [0.1, 0.15) is 17.5 Å². The van der Waals surface area contributed by atoms with E-state index < -0.39 is 5.97 Å². The highest BCUT2D eigenvalue weighted by Crippen LogP contribution is 2.39. The zero-order chi connectivity index (χ0) is 19.2. The Kier molecular flexibility index (Phi) is 6.64. The Hall–Kier alpha value is -2.17. The van der Waals surface area contributed by atoms with Crippen molar-refractivity contribution < 1.29 is 14.3 Å². The number of thioether (sulfide) groups is 1. The van der Waals surface area contributed by atoms with Gasteiger partial charge in [-0.25, -0.2) is 4.98 Å². The summed E-state index contributed by atoms with van der Waals surface area (Å²) in [5.74, 6) is -0.635. The zero-order valence-corrected chi connectivity index (χ0v) is 16.8. The third-order valence-corrected chi connectivity index (χ3v) is 6.26. The molecular formula is C20H20N2O3S2. The predicted molar refractivity (Wildman–Crippen MR) is 106 cm³/mol. The van der Waals surface area contributed by atoms with Gasteiger partial charge in [-0.2, -0.15) is 5.26 Å². The summed E-state index contributed by atoms with van der Waals surface area (Å²) in [7, 11) is 0. The quantitative estimate of drug-likeness (QED) is 0.394. The fraction of sp³-hybridized carbons (Fsp3) is 0.400. The van der Waals surface area contributed by atoms with E-state index in [2.05, 4.69) is 6.07 Å². The van der Waals surface area contributed by atoms with Crippen LogP contribution in [-0.2, 0) is 27.2 Å². The summed E-state index contributed by atoms with van der Waals surface area (Å²) < 4.78 is 4.82. The molecule has 7 heteroatoms. The van der Waals surface area contributed by atoms with Crippen LogP contribution in [0.4, 0.5) is 0 Å². The summed E-state index contributed by atoms with van der Waals surface area (Å²) in [5, 5.41) is 12.4. The number of nitrogens with zero attached hydrogens (tertiary/aromatic N) is 2. The third kappa shape index (κ3) is 4.57. The van der Waals surface area contributed by atoms with Gasteiger partial charge >= 0.3 is 5.97 Å². The first-order valence-electron chi connectivity index (χ1n) is 8.93. The molecule has 0 atom stereocenters. The monoisotopic (exact) mass is 400 g/mol. The van der Waals surface area contributed by atoms with Crippen molar-refractivity contribution in [2.45, 2.75) is 44.1 Å². The first kappa shape index (κ1) is 19.6. The van der Waals surface area contributed by atoms with E-state index in [4.69, 9.17) is 9.72 Å². The van der Waals surface area contributed by atoms with Gasteiger partial charge in [-0.1, -0.05) is 17.8 Å². The van der Waals surface area contributed by atoms with Crippen molar-refractivity contribution in [3.63, 3.8) is 0 Å². The smallest absolute Gasteiger partial charge is 0.313 e. The molecule has 140 valence electrons. The van der Waals surface area contributed by atoms with E-state index in [9.17, 15) is 14.9 Å². The molecule has 0 aromatic carbocycles. The van der Waals surface area contributed by atoms with Crippen LogP contribution in [0, 0.1) is 11.3 Å². The topological polar surface area (TPSA) is 80.1 Å². The van der Waals surface area contributed by atoms with Crippen LogP contribution >= 0.6 is 23.1 Å². The summed E-state index contributed by atoms with van der Waals surface area (Å²) in [4.78, 5) is 29.3. The van der Waals surface area contributed by atoms with E-state index in [0.717, 1.165) is 41.8 Å². The molecule has 0 spiro atoms. The van der Waals surface area contributed by atoms with Crippen molar-refractivity contribution in [3.8, 4) is 16.5 Å². The number of ketones is 1. The van der Waals surface area contributed by atoms with Gasteiger partial charge in [0.25, 0.3) is 0 Å². The molecule has 0 unspecified atom stereocenters. The third-order valence-electron chi connectivity index (χ3n) is 4.34. The van der Waals surface area contributed by atoms with E-state index in [1.807, 2.05) is 17.5 Å². The molecule has 0 aliphatic heterocycles. The number of nitriles is 1. The minimum atomic E-state index is -0.513. The number of aromatic nitrogens is 1. The van der Waals surface area contributed by atoms with Gasteiger partial charge in [-0.05, 0) is 49.6 Å². The Morgan fingerprint density at radius 2 is 2.19 bits per heavy atom. The van der Waals surface area contributed by atoms with Crippen LogP contribution in [0.25, 0.3) is 10.4 Å². The van der Waals surface area contributed by atoms with Crippen LogP contribution in [0.1, 0.15) is 43.0 Å². The van der Waals surface area contributed by atoms with Crippen molar-refractivity contribution >= 4 is 34.9 Å². The Labute approximate surface area is 166 Å². The molecule has 0 amide bonds. The van der Waals surface area contributed by atoms with Gasteiger partial charge in [0.15, 0.2) is 5.78 Å². The molecule has 0 N–H and O–H groups in total. The lowest BCUT2D eigenvalue weighted by atomic mass is 9.89. The van der Waals surface area contributed by atoms with Gasteiger partial charge in [-0.3, -0.25) is 9.59 Å². The zero-order valence-electron chi connectivity index (χ0n) is 15.1. The number of Topliss-reactive ketones (excluding diaryl/α,β-unsaturated/α-hetero) is 1. The van der Waals surface area contributed by atoms with Crippen molar-refractivity contribution in [2.75, 3.05) is 12.4 Å². The number of carbonyl (C=O) groups is 2. The second kappa shape index (κ2) is 9.16. The number of fused-ring (bicyclic) bond motifs is 1. The van der Waals surface area contributed by atoms with E-state index in [-0.39, 0.29) is 24.6 Å². The Bertz CT molecular complexity index is 886. The minimum Gasteiger partial charge on any atom is -0.466 e. The van der Waals surface area contributed by atoms with Crippen LogP contribution in [-0.4, -0.2) is 29.1 Å². The van der Waals surface area contributed by atoms with Gasteiger partial charge in [-0.15, -0.1) is 11.3 Å². The van der Waals surface area contributed by atoms with E-state index in [1.54, 1.807) is 18.3 Å². The summed E-state index contributed by atoms with van der Waals surface area (Å²) in [6, 6.07) is 6.31. The SMILES string of the molecule is CCOC(=O)CC(=O)CSc1nc2c(c(-c3cccs3)c1C#N)CCCC2. The molecule has 2 aromatic heterocycles. The summed E-state index contributed by atoms with van der Waals surface area (Å²) in [6.07, 6.45) is 3.76. The van der Waals surface area contributed by atoms with Crippen LogP contribution in [0.3, 0.4) is 0 Å². The number of thiophene rings is 1. The Morgan fingerprint density at radius 3 is 2.89 bits per heavy atom. The Balaban J connectivity index is 1.89.